The fourth-order valence-corrected chi connectivity index (χ4v) is 5.38. The molecule has 4 atom stereocenters. The molecular weight excluding hydrogens is 406 g/mol. The van der Waals surface area contributed by atoms with Gasteiger partial charge < -0.3 is 36.8 Å². The molecule has 8 N–H and O–H groups in total. The first-order valence-corrected chi connectivity index (χ1v) is 9.67. The summed E-state index contributed by atoms with van der Waals surface area (Å²) in [5.41, 5.74) is 8.18. The zero-order valence-electron chi connectivity index (χ0n) is 16.9. The molecular formula is C21H23N3O7. The second-order valence-corrected chi connectivity index (χ2v) is 8.48. The van der Waals surface area contributed by atoms with Gasteiger partial charge in [-0.1, -0.05) is 0 Å². The van der Waals surface area contributed by atoms with Crippen molar-refractivity contribution in [3.8, 4) is 5.75 Å². The summed E-state index contributed by atoms with van der Waals surface area (Å²) in [6.45, 7) is 0. The highest BCUT2D eigenvalue weighted by Gasteiger charge is 2.63. The Balaban J connectivity index is 2.02. The van der Waals surface area contributed by atoms with Gasteiger partial charge in [0.25, 0.3) is 5.91 Å². The number of aliphatic hydroxyl groups is 3. The van der Waals surface area contributed by atoms with E-state index in [1.165, 1.54) is 12.1 Å². The van der Waals surface area contributed by atoms with Gasteiger partial charge >= 0.3 is 0 Å². The first-order chi connectivity index (χ1) is 14.4. The number of hydrogen-bond acceptors (Lipinski definition) is 9. The average molecular weight is 429 g/mol. The lowest BCUT2D eigenvalue weighted by atomic mass is 9.57. The zero-order chi connectivity index (χ0) is 23.0. The number of primary amides is 1. The number of nitrogen functional groups attached to an aromatic ring is 1. The number of hydrogen-bond donors (Lipinski definition) is 6. The summed E-state index contributed by atoms with van der Waals surface area (Å²) in [7, 11) is 3.34. The summed E-state index contributed by atoms with van der Waals surface area (Å²) in [5, 5.41) is 43.1. The maximum absolute atomic E-state index is 13.4. The number of allylic oxidation sites excluding steroid dienone is 1. The quantitative estimate of drug-likeness (QED) is 0.208. The molecule has 3 aliphatic rings. The van der Waals surface area contributed by atoms with Crippen molar-refractivity contribution in [2.45, 2.75) is 24.5 Å². The Bertz CT molecular complexity index is 1120. The Morgan fingerprint density at radius 1 is 1.16 bits per heavy atom. The van der Waals surface area contributed by atoms with E-state index in [-0.39, 0.29) is 35.4 Å². The van der Waals surface area contributed by atoms with E-state index >= 15 is 0 Å². The Morgan fingerprint density at radius 3 is 2.39 bits per heavy atom. The van der Waals surface area contributed by atoms with Crippen molar-refractivity contribution in [3.63, 3.8) is 0 Å². The minimum absolute atomic E-state index is 0.103. The highest BCUT2D eigenvalue weighted by atomic mass is 16.3. The van der Waals surface area contributed by atoms with Crippen LogP contribution in [0.1, 0.15) is 22.3 Å². The molecule has 1 aromatic rings. The molecule has 1 amide bonds. The SMILES string of the molecule is CN(C)[C@H]1C2Cc3c(N)ccc(O)c3C(=O)C2=C(O)[C@]2(O)C(=O)C(C(N)=O)=C(O)CC12. The van der Waals surface area contributed by atoms with Crippen LogP contribution in [0.25, 0.3) is 0 Å². The predicted octanol–water partition coefficient (Wildman–Crippen LogP) is -0.297. The number of amides is 1. The van der Waals surface area contributed by atoms with Crippen LogP contribution in [0.2, 0.25) is 0 Å². The van der Waals surface area contributed by atoms with E-state index in [9.17, 15) is 34.8 Å². The van der Waals surface area contributed by atoms with Crippen LogP contribution >= 0.6 is 0 Å². The van der Waals surface area contributed by atoms with Gasteiger partial charge in [0, 0.05) is 35.6 Å². The number of phenolic OH excluding ortho intramolecular Hbond substituents is 1. The van der Waals surface area contributed by atoms with Crippen molar-refractivity contribution in [2.75, 3.05) is 19.8 Å². The number of fused-ring (bicyclic) bond motifs is 3. The minimum atomic E-state index is -2.64. The second kappa shape index (κ2) is 6.56. The zero-order valence-corrected chi connectivity index (χ0v) is 16.9. The summed E-state index contributed by atoms with van der Waals surface area (Å²) in [6, 6.07) is 2.03. The first kappa shape index (κ1) is 20.9. The summed E-state index contributed by atoms with van der Waals surface area (Å²) >= 11 is 0. The molecule has 2 unspecified atom stereocenters. The number of anilines is 1. The number of rotatable bonds is 2. The number of nitrogens with zero attached hydrogens (tertiary/aromatic N) is 1. The van der Waals surface area contributed by atoms with E-state index in [4.69, 9.17) is 11.5 Å². The Labute approximate surface area is 177 Å². The molecule has 0 saturated heterocycles. The Morgan fingerprint density at radius 2 is 1.81 bits per heavy atom. The van der Waals surface area contributed by atoms with Gasteiger partial charge in [-0.15, -0.1) is 0 Å². The number of benzene rings is 1. The number of aromatic hydroxyl groups is 1. The largest absolute Gasteiger partial charge is 0.511 e. The molecule has 10 nitrogen and oxygen atoms in total. The summed E-state index contributed by atoms with van der Waals surface area (Å²) in [6.07, 6.45) is -0.161. The van der Waals surface area contributed by atoms with Crippen LogP contribution in [-0.4, -0.2) is 68.5 Å². The van der Waals surface area contributed by atoms with Crippen LogP contribution in [0.3, 0.4) is 0 Å². The van der Waals surface area contributed by atoms with Gasteiger partial charge in [-0.2, -0.15) is 0 Å². The molecule has 3 aliphatic carbocycles. The number of carbonyl (C=O) groups is 3. The highest BCUT2D eigenvalue weighted by Crippen LogP contribution is 2.53. The monoisotopic (exact) mass is 429 g/mol. The molecule has 1 aromatic carbocycles. The van der Waals surface area contributed by atoms with Gasteiger partial charge in [-0.3, -0.25) is 14.4 Å². The van der Waals surface area contributed by atoms with Crippen molar-refractivity contribution >= 4 is 23.2 Å². The van der Waals surface area contributed by atoms with Crippen LogP contribution in [0.5, 0.6) is 5.75 Å². The van der Waals surface area contributed by atoms with E-state index in [1.807, 2.05) is 0 Å². The van der Waals surface area contributed by atoms with Gasteiger partial charge in [0.15, 0.2) is 11.4 Å². The van der Waals surface area contributed by atoms with Crippen LogP contribution < -0.4 is 11.5 Å². The summed E-state index contributed by atoms with van der Waals surface area (Å²) in [4.78, 5) is 39.9. The molecule has 4 rings (SSSR count). The van der Waals surface area contributed by atoms with Gasteiger partial charge in [-0.05, 0) is 38.2 Å². The lowest BCUT2D eigenvalue weighted by molar-refractivity contribution is -0.149. The Kier molecular flexibility index (Phi) is 4.42. The number of nitrogens with two attached hydrogens (primary N) is 2. The average Bonchev–Trinajstić information content (AvgIpc) is 2.67. The molecule has 164 valence electrons. The summed E-state index contributed by atoms with van der Waals surface area (Å²) < 4.78 is 0. The van der Waals surface area contributed by atoms with E-state index in [2.05, 4.69) is 0 Å². The maximum Gasteiger partial charge on any atom is 0.255 e. The van der Waals surface area contributed by atoms with E-state index in [0.29, 0.717) is 5.56 Å². The standard InChI is InChI=1S/C21H23N3O7/c1-24(2)16-8-5-7-10(22)3-4-11(25)13(7)17(27)14(8)18(28)21(31)9(16)6-12(26)15(19(21)29)20(23)30/h3-4,8-9,16,25-26,28,31H,5-6,22H2,1-2H3,(H2,23,30)/t8?,9?,16-,21-/m0/s1. The number of Topliss-reactive ketones (excluding diaryl/α,β-unsaturated/α-hetero) is 2. The maximum atomic E-state index is 13.4. The van der Waals surface area contributed by atoms with Crippen molar-refractivity contribution in [2.24, 2.45) is 17.6 Å². The fourth-order valence-electron chi connectivity index (χ4n) is 5.38. The normalized spacial score (nSPS) is 30.3. The van der Waals surface area contributed by atoms with Crippen molar-refractivity contribution < 1.29 is 34.8 Å². The van der Waals surface area contributed by atoms with E-state index in [0.717, 1.165) is 0 Å². The molecule has 31 heavy (non-hydrogen) atoms. The third-order valence-corrected chi connectivity index (χ3v) is 6.69. The molecule has 0 bridgehead atoms. The van der Waals surface area contributed by atoms with Gasteiger partial charge in [0.2, 0.25) is 5.78 Å². The van der Waals surface area contributed by atoms with Crippen molar-refractivity contribution in [1.82, 2.24) is 4.90 Å². The van der Waals surface area contributed by atoms with Gasteiger partial charge in [0.05, 0.1) is 5.56 Å². The van der Waals surface area contributed by atoms with E-state index < -0.39 is 58.0 Å². The van der Waals surface area contributed by atoms with Crippen LogP contribution in [0.15, 0.2) is 34.8 Å². The molecule has 0 heterocycles. The molecule has 0 fully saturated rings. The topological polar surface area (TPSA) is 187 Å². The van der Waals surface area contributed by atoms with Crippen LogP contribution in [-0.2, 0) is 16.0 Å². The first-order valence-electron chi connectivity index (χ1n) is 9.67. The van der Waals surface area contributed by atoms with Gasteiger partial charge in [-0.25, -0.2) is 0 Å². The minimum Gasteiger partial charge on any atom is -0.511 e. The summed E-state index contributed by atoms with van der Waals surface area (Å²) in [5.74, 6) is -6.85. The molecule has 10 heteroatoms. The molecule has 0 saturated carbocycles. The Hall–Kier alpha value is -3.37. The smallest absolute Gasteiger partial charge is 0.255 e. The number of phenols is 1. The third-order valence-electron chi connectivity index (χ3n) is 6.69. The molecule has 0 radical (unpaired) electrons. The van der Waals surface area contributed by atoms with Gasteiger partial charge in [0.1, 0.15) is 22.8 Å². The predicted molar refractivity (Wildman–Crippen MR) is 108 cm³/mol. The molecule has 0 spiro atoms. The van der Waals surface area contributed by atoms with Crippen LogP contribution in [0, 0.1) is 11.8 Å². The molecule has 0 aliphatic heterocycles. The lowest BCUT2D eigenvalue weighted by Gasteiger charge is -2.52. The fraction of sp³-hybridized carbons (Fsp3) is 0.381. The number of ketones is 2. The van der Waals surface area contributed by atoms with E-state index in [1.54, 1.807) is 19.0 Å². The third kappa shape index (κ3) is 2.55. The highest BCUT2D eigenvalue weighted by molar-refractivity contribution is 6.24. The van der Waals surface area contributed by atoms with Crippen molar-refractivity contribution in [1.29, 1.82) is 0 Å². The number of aliphatic hydroxyl groups excluding tert-OH is 2. The second-order valence-electron chi connectivity index (χ2n) is 8.48. The van der Waals surface area contributed by atoms with Crippen LogP contribution in [0.4, 0.5) is 5.69 Å². The van der Waals surface area contributed by atoms with Crippen molar-refractivity contribution in [3.05, 3.63) is 45.9 Å². The number of carbonyl (C=O) groups excluding carboxylic acids is 3. The molecule has 0 aromatic heterocycles. The lowest BCUT2D eigenvalue weighted by Crippen LogP contribution is -2.65.